The first-order chi connectivity index (χ1) is 9.03. The Morgan fingerprint density at radius 1 is 1.68 bits per heavy atom. The predicted molar refractivity (Wildman–Crippen MR) is 72.7 cm³/mol. The van der Waals surface area contributed by atoms with E-state index in [0.29, 0.717) is 30.2 Å². The average Bonchev–Trinajstić information content (AvgIpc) is 2.43. The SMILES string of the molecule is CCN(CC(C)C#N)c1ncc(N)cc1C(=O)OC. The van der Waals surface area contributed by atoms with Gasteiger partial charge in [-0.2, -0.15) is 5.26 Å². The van der Waals surface area contributed by atoms with Gasteiger partial charge in [-0.25, -0.2) is 9.78 Å². The van der Waals surface area contributed by atoms with Crippen molar-refractivity contribution < 1.29 is 9.53 Å². The molecule has 2 N–H and O–H groups in total. The highest BCUT2D eigenvalue weighted by Crippen LogP contribution is 2.21. The maximum Gasteiger partial charge on any atom is 0.341 e. The minimum absolute atomic E-state index is 0.162. The minimum Gasteiger partial charge on any atom is -0.465 e. The third kappa shape index (κ3) is 3.58. The summed E-state index contributed by atoms with van der Waals surface area (Å²) in [4.78, 5) is 17.8. The van der Waals surface area contributed by atoms with Crippen LogP contribution in [0.25, 0.3) is 0 Å². The van der Waals surface area contributed by atoms with Gasteiger partial charge < -0.3 is 15.4 Å². The molecular formula is C13H18N4O2. The first kappa shape index (κ1) is 14.8. The first-order valence-corrected chi connectivity index (χ1v) is 6.01. The monoisotopic (exact) mass is 262 g/mol. The van der Waals surface area contributed by atoms with Crippen LogP contribution in [0, 0.1) is 17.2 Å². The number of carbonyl (C=O) groups is 1. The highest BCUT2D eigenvalue weighted by molar-refractivity contribution is 5.95. The molecule has 102 valence electrons. The molecule has 0 aliphatic heterocycles. The van der Waals surface area contributed by atoms with Crippen molar-refractivity contribution in [1.29, 1.82) is 5.26 Å². The maximum atomic E-state index is 11.8. The summed E-state index contributed by atoms with van der Waals surface area (Å²) in [6.45, 7) is 4.88. The van der Waals surface area contributed by atoms with Crippen LogP contribution in [0.15, 0.2) is 12.3 Å². The Morgan fingerprint density at radius 2 is 2.37 bits per heavy atom. The first-order valence-electron chi connectivity index (χ1n) is 6.01. The zero-order chi connectivity index (χ0) is 14.4. The van der Waals surface area contributed by atoms with E-state index >= 15 is 0 Å². The third-order valence-corrected chi connectivity index (χ3v) is 2.69. The van der Waals surface area contributed by atoms with Gasteiger partial charge in [-0.15, -0.1) is 0 Å². The molecule has 1 aromatic rings. The number of nitrogens with two attached hydrogens (primary N) is 1. The maximum absolute atomic E-state index is 11.8. The summed E-state index contributed by atoms with van der Waals surface area (Å²) >= 11 is 0. The van der Waals surface area contributed by atoms with Crippen LogP contribution in [0.3, 0.4) is 0 Å². The standard InChI is InChI=1S/C13H18N4O2/c1-4-17(8-9(2)6-14)12-11(13(18)19-3)5-10(15)7-16-12/h5,7,9H,4,8,15H2,1-3H3. The Bertz CT molecular complexity index is 496. The number of nitrogens with zero attached hydrogens (tertiary/aromatic N) is 3. The summed E-state index contributed by atoms with van der Waals surface area (Å²) < 4.78 is 4.73. The number of esters is 1. The van der Waals surface area contributed by atoms with Crippen molar-refractivity contribution in [2.24, 2.45) is 5.92 Å². The van der Waals surface area contributed by atoms with Crippen molar-refractivity contribution in [3.63, 3.8) is 0 Å². The molecule has 0 amide bonds. The van der Waals surface area contributed by atoms with E-state index in [-0.39, 0.29) is 5.92 Å². The number of methoxy groups -OCH3 is 1. The molecule has 1 atom stereocenters. The van der Waals surface area contributed by atoms with E-state index in [1.807, 2.05) is 18.7 Å². The Hall–Kier alpha value is -2.29. The molecule has 19 heavy (non-hydrogen) atoms. The molecule has 0 fully saturated rings. The third-order valence-electron chi connectivity index (χ3n) is 2.69. The van der Waals surface area contributed by atoms with E-state index in [4.69, 9.17) is 15.7 Å². The fraction of sp³-hybridized carbons (Fsp3) is 0.462. The van der Waals surface area contributed by atoms with Crippen molar-refractivity contribution in [2.75, 3.05) is 30.8 Å². The molecule has 1 rings (SSSR count). The second kappa shape index (κ2) is 6.59. The van der Waals surface area contributed by atoms with E-state index in [9.17, 15) is 4.79 Å². The Morgan fingerprint density at radius 3 is 2.89 bits per heavy atom. The fourth-order valence-corrected chi connectivity index (χ4v) is 1.72. The molecule has 6 heteroatoms. The summed E-state index contributed by atoms with van der Waals surface area (Å²) in [7, 11) is 1.31. The lowest BCUT2D eigenvalue weighted by atomic mass is 10.1. The molecular weight excluding hydrogens is 244 g/mol. The molecule has 1 heterocycles. The molecule has 0 bridgehead atoms. The summed E-state index contributed by atoms with van der Waals surface area (Å²) in [5, 5.41) is 8.89. The minimum atomic E-state index is -0.488. The molecule has 0 radical (unpaired) electrons. The van der Waals surface area contributed by atoms with Crippen LogP contribution in [0.1, 0.15) is 24.2 Å². The second-order valence-corrected chi connectivity index (χ2v) is 4.20. The van der Waals surface area contributed by atoms with Gasteiger partial charge in [0.15, 0.2) is 0 Å². The van der Waals surface area contributed by atoms with E-state index in [2.05, 4.69) is 11.1 Å². The quantitative estimate of drug-likeness (QED) is 0.807. The lowest BCUT2D eigenvalue weighted by Gasteiger charge is -2.24. The van der Waals surface area contributed by atoms with Gasteiger partial charge in [-0.05, 0) is 19.9 Å². The van der Waals surface area contributed by atoms with Crippen molar-refractivity contribution in [3.8, 4) is 6.07 Å². The molecule has 0 spiro atoms. The van der Waals surface area contributed by atoms with Crippen LogP contribution >= 0.6 is 0 Å². The number of pyridine rings is 1. The Kier molecular flexibility index (Phi) is 5.12. The number of aromatic nitrogens is 1. The average molecular weight is 262 g/mol. The van der Waals surface area contributed by atoms with Crippen LogP contribution in [-0.4, -0.2) is 31.2 Å². The van der Waals surface area contributed by atoms with Gasteiger partial charge in [-0.3, -0.25) is 0 Å². The summed E-state index contributed by atoms with van der Waals surface area (Å²) in [5.41, 5.74) is 6.36. The largest absolute Gasteiger partial charge is 0.465 e. The van der Waals surface area contributed by atoms with Crippen LogP contribution in [-0.2, 0) is 4.74 Å². The van der Waals surface area contributed by atoms with Gasteiger partial charge in [-0.1, -0.05) is 0 Å². The van der Waals surface area contributed by atoms with E-state index in [0.717, 1.165) is 0 Å². The zero-order valence-corrected chi connectivity index (χ0v) is 11.4. The smallest absolute Gasteiger partial charge is 0.341 e. The van der Waals surface area contributed by atoms with E-state index in [1.54, 1.807) is 0 Å². The van der Waals surface area contributed by atoms with Gasteiger partial charge in [0.25, 0.3) is 0 Å². The molecule has 1 aromatic heterocycles. The lowest BCUT2D eigenvalue weighted by Crippen LogP contribution is -2.30. The van der Waals surface area contributed by atoms with Gasteiger partial charge in [0.1, 0.15) is 11.4 Å². The summed E-state index contributed by atoms with van der Waals surface area (Å²) in [5.74, 6) is -0.159. The molecule has 6 nitrogen and oxygen atoms in total. The predicted octanol–water partition coefficient (Wildman–Crippen LogP) is 1.44. The van der Waals surface area contributed by atoms with Gasteiger partial charge in [0.05, 0.1) is 31.0 Å². The number of carbonyl (C=O) groups excluding carboxylic acids is 1. The molecule has 0 saturated carbocycles. The van der Waals surface area contributed by atoms with Crippen molar-refractivity contribution in [3.05, 3.63) is 17.8 Å². The van der Waals surface area contributed by atoms with Crippen LogP contribution < -0.4 is 10.6 Å². The van der Waals surface area contributed by atoms with Gasteiger partial charge in [0.2, 0.25) is 0 Å². The van der Waals surface area contributed by atoms with Crippen LogP contribution in [0.4, 0.5) is 11.5 Å². The number of anilines is 2. The number of hydrogen-bond acceptors (Lipinski definition) is 6. The molecule has 0 aliphatic carbocycles. The highest BCUT2D eigenvalue weighted by Gasteiger charge is 2.19. The topological polar surface area (TPSA) is 92.2 Å². The zero-order valence-electron chi connectivity index (χ0n) is 11.4. The fourth-order valence-electron chi connectivity index (χ4n) is 1.72. The highest BCUT2D eigenvalue weighted by atomic mass is 16.5. The van der Waals surface area contributed by atoms with Crippen molar-refractivity contribution in [1.82, 2.24) is 4.98 Å². The van der Waals surface area contributed by atoms with Crippen molar-refractivity contribution >= 4 is 17.5 Å². The molecule has 1 unspecified atom stereocenters. The molecule has 0 aliphatic rings. The lowest BCUT2D eigenvalue weighted by molar-refractivity contribution is 0.0601. The number of nitriles is 1. The number of ether oxygens (including phenoxy) is 1. The van der Waals surface area contributed by atoms with Crippen LogP contribution in [0.2, 0.25) is 0 Å². The number of hydrogen-bond donors (Lipinski definition) is 1. The molecule has 0 aromatic carbocycles. The normalized spacial score (nSPS) is 11.5. The number of rotatable bonds is 5. The van der Waals surface area contributed by atoms with Gasteiger partial charge in [0, 0.05) is 13.1 Å². The van der Waals surface area contributed by atoms with Crippen LogP contribution in [0.5, 0.6) is 0 Å². The summed E-state index contributed by atoms with van der Waals surface area (Å²) in [6, 6.07) is 3.70. The molecule has 0 saturated heterocycles. The number of nitrogen functional groups attached to an aromatic ring is 1. The van der Waals surface area contributed by atoms with Crippen molar-refractivity contribution in [2.45, 2.75) is 13.8 Å². The van der Waals surface area contributed by atoms with E-state index in [1.165, 1.54) is 19.4 Å². The Balaban J connectivity index is 3.16. The van der Waals surface area contributed by atoms with Gasteiger partial charge >= 0.3 is 5.97 Å². The van der Waals surface area contributed by atoms with E-state index < -0.39 is 5.97 Å². The summed E-state index contributed by atoms with van der Waals surface area (Å²) in [6.07, 6.45) is 1.49. The second-order valence-electron chi connectivity index (χ2n) is 4.20. The Labute approximate surface area is 112 Å².